The van der Waals surface area contributed by atoms with Crippen molar-refractivity contribution < 1.29 is 37.4 Å². The average molecular weight is 333 g/mol. The fourth-order valence-electron chi connectivity index (χ4n) is 2.10. The molecular formula is C11H26BrO4P. The third-order valence-electron chi connectivity index (χ3n) is 2.95. The van der Waals surface area contributed by atoms with E-state index in [9.17, 15) is 0 Å². The Hall–Kier alpha value is 0.750. The molecule has 0 rings (SSSR count). The maximum absolute atomic E-state index is 9.14. The molecule has 0 heterocycles. The number of aliphatic hydroxyl groups is 4. The second kappa shape index (κ2) is 13.2. The normalized spacial score (nSPS) is 11.3. The maximum Gasteiger partial charge on any atom is 0.0825 e. The first-order chi connectivity index (χ1) is 7.74. The molecule has 0 aromatic rings. The minimum absolute atomic E-state index is 0. The van der Waals surface area contributed by atoms with Crippen LogP contribution >= 0.6 is 7.26 Å². The van der Waals surface area contributed by atoms with Gasteiger partial charge in [0.05, 0.1) is 31.3 Å². The largest absolute Gasteiger partial charge is 1.00 e. The van der Waals surface area contributed by atoms with Crippen molar-refractivity contribution in [1.29, 1.82) is 0 Å². The van der Waals surface area contributed by atoms with Gasteiger partial charge in [0.2, 0.25) is 0 Å². The topological polar surface area (TPSA) is 80.9 Å². The van der Waals surface area contributed by atoms with Crippen LogP contribution in [0.25, 0.3) is 0 Å². The van der Waals surface area contributed by atoms with Crippen LogP contribution in [0.5, 0.6) is 0 Å². The van der Waals surface area contributed by atoms with Gasteiger partial charge in [0.1, 0.15) is 0 Å². The number of aliphatic hydroxyl groups excluding tert-OH is 4. The van der Waals surface area contributed by atoms with Gasteiger partial charge in [-0.2, -0.15) is 0 Å². The van der Waals surface area contributed by atoms with Gasteiger partial charge in [-0.1, -0.05) is 0 Å². The number of rotatable bonds is 11. The summed E-state index contributed by atoms with van der Waals surface area (Å²) in [5.74, 6) is 0. The summed E-state index contributed by atoms with van der Waals surface area (Å²) in [5, 5.41) is 35.9. The van der Waals surface area contributed by atoms with Crippen molar-refractivity contribution >= 4 is 7.26 Å². The van der Waals surface area contributed by atoms with E-state index in [0.717, 1.165) is 43.9 Å². The Morgan fingerprint density at radius 3 is 1.12 bits per heavy atom. The smallest absolute Gasteiger partial charge is 0.0825 e. The van der Waals surface area contributed by atoms with Crippen LogP contribution in [0.2, 0.25) is 0 Å². The van der Waals surface area contributed by atoms with Crippen molar-refractivity contribution in [1.82, 2.24) is 0 Å². The van der Waals surface area contributed by atoms with Crippen LogP contribution in [0.15, 0.2) is 0 Å². The van der Waals surface area contributed by atoms with Gasteiger partial charge in [-0.25, -0.2) is 0 Å². The van der Waals surface area contributed by atoms with E-state index in [2.05, 4.69) is 0 Å². The highest BCUT2D eigenvalue weighted by atomic mass is 79.9. The second-order valence-corrected chi connectivity index (χ2v) is 8.66. The van der Waals surface area contributed by atoms with E-state index in [1.807, 2.05) is 0 Å². The van der Waals surface area contributed by atoms with Gasteiger partial charge < -0.3 is 37.4 Å². The summed E-state index contributed by atoms with van der Waals surface area (Å²) in [6, 6.07) is 0. The Balaban J connectivity index is 0. The predicted octanol–water partition coefficient (Wildman–Crippen LogP) is -2.85. The first-order valence-corrected chi connectivity index (χ1v) is 8.56. The third kappa shape index (κ3) is 9.34. The van der Waals surface area contributed by atoms with E-state index in [-0.39, 0.29) is 43.4 Å². The Morgan fingerprint density at radius 2 is 0.882 bits per heavy atom. The van der Waals surface area contributed by atoms with E-state index in [1.54, 1.807) is 0 Å². The van der Waals surface area contributed by atoms with Crippen molar-refractivity contribution in [3.8, 4) is 0 Å². The van der Waals surface area contributed by atoms with Crippen molar-refractivity contribution in [2.75, 3.05) is 51.1 Å². The van der Waals surface area contributed by atoms with Crippen LogP contribution in [-0.2, 0) is 0 Å². The minimum Gasteiger partial charge on any atom is -1.00 e. The van der Waals surface area contributed by atoms with E-state index >= 15 is 0 Å². The monoisotopic (exact) mass is 332 g/mol. The summed E-state index contributed by atoms with van der Waals surface area (Å²) in [5.41, 5.74) is 0. The summed E-state index contributed by atoms with van der Waals surface area (Å²) in [7, 11) is -1.28. The maximum atomic E-state index is 9.14. The molecule has 0 aliphatic carbocycles. The third-order valence-corrected chi connectivity index (χ3v) is 7.89. The second-order valence-electron chi connectivity index (χ2n) is 4.19. The Kier molecular flexibility index (Phi) is 15.6. The quantitative estimate of drug-likeness (QED) is 0.307. The van der Waals surface area contributed by atoms with Crippen molar-refractivity contribution in [2.45, 2.75) is 19.3 Å². The van der Waals surface area contributed by atoms with Gasteiger partial charge in [0.25, 0.3) is 0 Å². The number of hydrogen-bond acceptors (Lipinski definition) is 4. The summed E-state index contributed by atoms with van der Waals surface area (Å²) in [6.45, 7) is 0.734. The lowest BCUT2D eigenvalue weighted by molar-refractivity contribution is -0.00000784. The van der Waals surface area contributed by atoms with Gasteiger partial charge in [-0.3, -0.25) is 0 Å². The van der Waals surface area contributed by atoms with Crippen LogP contribution in [0.4, 0.5) is 0 Å². The van der Waals surface area contributed by atoms with Crippen LogP contribution < -0.4 is 17.0 Å². The molecule has 0 atom stereocenters. The summed E-state index contributed by atoms with van der Waals surface area (Å²) in [6.07, 6.45) is 5.99. The Bertz CT molecular complexity index is 139. The van der Waals surface area contributed by atoms with Gasteiger partial charge in [0, 0.05) is 46.3 Å². The van der Waals surface area contributed by atoms with Crippen LogP contribution in [-0.4, -0.2) is 71.5 Å². The van der Waals surface area contributed by atoms with Crippen molar-refractivity contribution in [3.05, 3.63) is 0 Å². The summed E-state index contributed by atoms with van der Waals surface area (Å²) < 4.78 is 0. The lowest BCUT2D eigenvalue weighted by atomic mass is 10.5. The molecule has 0 saturated carbocycles. The molecule has 0 spiro atoms. The molecular weight excluding hydrogens is 307 g/mol. The zero-order valence-electron chi connectivity index (χ0n) is 10.4. The van der Waals surface area contributed by atoms with Crippen LogP contribution in [0, 0.1) is 0 Å². The average Bonchev–Trinajstić information content (AvgIpc) is 2.31. The van der Waals surface area contributed by atoms with E-state index in [1.165, 1.54) is 0 Å². The highest BCUT2D eigenvalue weighted by Gasteiger charge is 2.34. The molecule has 0 bridgehead atoms. The summed E-state index contributed by atoms with van der Waals surface area (Å²) in [4.78, 5) is 0. The van der Waals surface area contributed by atoms with Gasteiger partial charge >= 0.3 is 0 Å². The number of halogens is 1. The first kappa shape index (κ1) is 20.1. The molecule has 17 heavy (non-hydrogen) atoms. The van der Waals surface area contributed by atoms with E-state index in [4.69, 9.17) is 20.4 Å². The molecule has 0 aliphatic heterocycles. The highest BCUT2D eigenvalue weighted by molar-refractivity contribution is 7.75. The fraction of sp³-hybridized carbons (Fsp3) is 1.00. The molecule has 0 radical (unpaired) electrons. The molecule has 106 valence electrons. The van der Waals surface area contributed by atoms with Crippen molar-refractivity contribution in [3.63, 3.8) is 0 Å². The van der Waals surface area contributed by atoms with Crippen molar-refractivity contribution in [2.24, 2.45) is 0 Å². The molecule has 4 N–H and O–H groups in total. The minimum atomic E-state index is -1.28. The Morgan fingerprint density at radius 1 is 0.529 bits per heavy atom. The molecule has 0 aromatic heterocycles. The SMILES string of the molecule is OCCC[P+](CCO)(CCCO)CCCO.[Br-]. The molecule has 0 saturated heterocycles. The van der Waals surface area contributed by atoms with Crippen LogP contribution in [0.1, 0.15) is 19.3 Å². The van der Waals surface area contributed by atoms with E-state index < -0.39 is 7.26 Å². The lowest BCUT2D eigenvalue weighted by Crippen LogP contribution is -3.00. The molecule has 0 aromatic carbocycles. The van der Waals surface area contributed by atoms with Gasteiger partial charge in [0.15, 0.2) is 0 Å². The molecule has 0 amide bonds. The highest BCUT2D eigenvalue weighted by Crippen LogP contribution is 2.59. The Labute approximate surface area is 115 Å². The molecule has 4 nitrogen and oxygen atoms in total. The lowest BCUT2D eigenvalue weighted by Gasteiger charge is -2.26. The number of hydrogen-bond donors (Lipinski definition) is 4. The molecule has 0 fully saturated rings. The van der Waals surface area contributed by atoms with Gasteiger partial charge in [-0.05, 0) is 0 Å². The van der Waals surface area contributed by atoms with Gasteiger partial charge in [-0.15, -0.1) is 0 Å². The van der Waals surface area contributed by atoms with E-state index in [0.29, 0.717) is 0 Å². The zero-order valence-corrected chi connectivity index (χ0v) is 12.9. The molecule has 0 aliphatic rings. The zero-order chi connectivity index (χ0) is 12.3. The molecule has 6 heteroatoms. The summed E-state index contributed by atoms with van der Waals surface area (Å²) >= 11 is 0. The molecule has 0 unspecified atom stereocenters. The fourth-order valence-corrected chi connectivity index (χ4v) is 6.30. The predicted molar refractivity (Wildman–Crippen MR) is 68.6 cm³/mol. The standard InChI is InChI=1S/C11H26O4P.BrH/c12-4-1-8-16(11-7-15,9-2-5-13)10-3-6-14;/h12-15H,1-11H2;1H/q+1;/p-1. The van der Waals surface area contributed by atoms with Crippen LogP contribution in [0.3, 0.4) is 0 Å². The first-order valence-electron chi connectivity index (χ1n) is 6.03.